The van der Waals surface area contributed by atoms with Gasteiger partial charge in [-0.15, -0.1) is 0 Å². The van der Waals surface area contributed by atoms with Crippen molar-refractivity contribution in [2.75, 3.05) is 34.8 Å². The van der Waals surface area contributed by atoms with Gasteiger partial charge >= 0.3 is 0 Å². The molecule has 0 radical (unpaired) electrons. The summed E-state index contributed by atoms with van der Waals surface area (Å²) in [4.78, 5) is 34.1. The Bertz CT molecular complexity index is 1660. The first kappa shape index (κ1) is 27.7. The van der Waals surface area contributed by atoms with E-state index in [9.17, 15) is 9.59 Å². The first-order valence-electron chi connectivity index (χ1n) is 14.5. The minimum absolute atomic E-state index is 0.0150. The Balaban J connectivity index is 1.26. The number of primary amides is 1. The highest BCUT2D eigenvalue weighted by Gasteiger charge is 2.33. The number of morpholine rings is 1. The fourth-order valence-electron chi connectivity index (χ4n) is 6.02. The zero-order valence-corrected chi connectivity index (χ0v) is 24.4. The second-order valence-corrected chi connectivity index (χ2v) is 12.2. The third-order valence-electron chi connectivity index (χ3n) is 8.10. The molecule has 1 atom stereocenters. The highest BCUT2D eigenvalue weighted by atomic mass is 16.5. The van der Waals surface area contributed by atoms with Crippen LogP contribution >= 0.6 is 0 Å². The van der Waals surface area contributed by atoms with E-state index >= 15 is 0 Å². The number of aromatic nitrogens is 1. The molecule has 0 aliphatic carbocycles. The Morgan fingerprint density at radius 1 is 1.10 bits per heavy atom. The van der Waals surface area contributed by atoms with E-state index in [1.165, 1.54) is 5.56 Å². The average Bonchev–Trinajstić information content (AvgIpc) is 3.32. The molecule has 216 valence electrons. The lowest BCUT2D eigenvalue weighted by molar-refractivity contribution is -0.121. The molecule has 6 rings (SSSR count). The molecule has 8 nitrogen and oxygen atoms in total. The number of carbonyl (C=O) groups excluding carboxylic acids is 2. The van der Waals surface area contributed by atoms with Crippen LogP contribution in [-0.2, 0) is 28.0 Å². The molecule has 2 amide bonds. The Kier molecular flexibility index (Phi) is 7.33. The number of fused-ring (bicyclic) bond motifs is 2. The molecular weight excluding hydrogens is 526 g/mol. The maximum atomic E-state index is 13.9. The molecule has 1 saturated heterocycles. The Morgan fingerprint density at radius 3 is 2.76 bits per heavy atom. The molecule has 2 aliphatic heterocycles. The van der Waals surface area contributed by atoms with Crippen molar-refractivity contribution in [3.8, 4) is 0 Å². The highest BCUT2D eigenvalue weighted by molar-refractivity contribution is 6.13. The van der Waals surface area contributed by atoms with Gasteiger partial charge in [0, 0.05) is 48.3 Å². The van der Waals surface area contributed by atoms with Crippen LogP contribution in [0.4, 0.5) is 17.1 Å². The van der Waals surface area contributed by atoms with E-state index in [0.717, 1.165) is 39.1 Å². The van der Waals surface area contributed by atoms with Crippen LogP contribution in [-0.4, -0.2) is 42.6 Å². The summed E-state index contributed by atoms with van der Waals surface area (Å²) < 4.78 is 5.83. The number of nitrogens with two attached hydrogens (primary N) is 1. The summed E-state index contributed by atoms with van der Waals surface area (Å²) >= 11 is 0. The summed E-state index contributed by atoms with van der Waals surface area (Å²) in [6, 6.07) is 22.5. The zero-order chi connectivity index (χ0) is 29.4. The molecule has 0 saturated carbocycles. The normalized spacial score (nSPS) is 17.0. The van der Waals surface area contributed by atoms with Crippen LogP contribution in [0.15, 0.2) is 72.9 Å². The van der Waals surface area contributed by atoms with Gasteiger partial charge in [0.1, 0.15) is 0 Å². The van der Waals surface area contributed by atoms with Crippen molar-refractivity contribution in [1.29, 1.82) is 0 Å². The van der Waals surface area contributed by atoms with Crippen molar-refractivity contribution in [3.63, 3.8) is 0 Å². The van der Waals surface area contributed by atoms with E-state index < -0.39 is 0 Å². The summed E-state index contributed by atoms with van der Waals surface area (Å²) in [7, 11) is 0. The maximum absolute atomic E-state index is 13.9. The number of anilines is 3. The standard InChI is InChI=1S/C34H37N5O3/c1-34(2,3)27-11-10-25(17-30(27)38-14-15-42-26(21-38)18-31(35)40)39-20-24-6-4-8-29(32(24)33(39)41)37-19-22-9-12-28-23(16-22)7-5-13-36-28/h4-13,16-17,26,37H,14-15,18-21H2,1-3H3,(H2,35,40). The first-order valence-corrected chi connectivity index (χ1v) is 14.5. The third kappa shape index (κ3) is 5.54. The van der Waals surface area contributed by atoms with Crippen LogP contribution in [0.25, 0.3) is 10.9 Å². The van der Waals surface area contributed by atoms with Crippen molar-refractivity contribution in [2.24, 2.45) is 5.73 Å². The number of benzene rings is 3. The lowest BCUT2D eigenvalue weighted by Crippen LogP contribution is -2.44. The molecule has 3 heterocycles. The fraction of sp³-hybridized carbons (Fsp3) is 0.324. The molecule has 1 unspecified atom stereocenters. The van der Waals surface area contributed by atoms with Gasteiger partial charge in [-0.1, -0.05) is 51.1 Å². The van der Waals surface area contributed by atoms with Gasteiger partial charge in [0.2, 0.25) is 5.91 Å². The third-order valence-corrected chi connectivity index (χ3v) is 8.10. The summed E-state index contributed by atoms with van der Waals surface area (Å²) in [5.41, 5.74) is 13.1. The van der Waals surface area contributed by atoms with Gasteiger partial charge in [0.15, 0.2) is 0 Å². The molecule has 3 aromatic carbocycles. The van der Waals surface area contributed by atoms with Crippen LogP contribution in [0.5, 0.6) is 0 Å². The van der Waals surface area contributed by atoms with Crippen molar-refractivity contribution in [3.05, 3.63) is 95.2 Å². The largest absolute Gasteiger partial charge is 0.380 e. The summed E-state index contributed by atoms with van der Waals surface area (Å²) in [6.07, 6.45) is 1.73. The number of hydrogen-bond donors (Lipinski definition) is 2. The maximum Gasteiger partial charge on any atom is 0.261 e. The second-order valence-electron chi connectivity index (χ2n) is 12.2. The van der Waals surface area contributed by atoms with E-state index in [0.29, 0.717) is 38.3 Å². The summed E-state index contributed by atoms with van der Waals surface area (Å²) in [5.74, 6) is -0.382. The lowest BCUT2D eigenvalue weighted by atomic mass is 9.85. The van der Waals surface area contributed by atoms with E-state index in [4.69, 9.17) is 10.5 Å². The molecule has 2 aliphatic rings. The van der Waals surface area contributed by atoms with Gasteiger partial charge in [-0.05, 0) is 58.5 Å². The van der Waals surface area contributed by atoms with Crippen molar-refractivity contribution in [2.45, 2.75) is 51.8 Å². The number of ether oxygens (including phenoxy) is 1. The van der Waals surface area contributed by atoms with E-state index in [-0.39, 0.29) is 29.8 Å². The van der Waals surface area contributed by atoms with Gasteiger partial charge in [-0.2, -0.15) is 0 Å². The van der Waals surface area contributed by atoms with Crippen LogP contribution in [0.3, 0.4) is 0 Å². The minimum Gasteiger partial charge on any atom is -0.380 e. The fourth-order valence-corrected chi connectivity index (χ4v) is 6.02. The summed E-state index contributed by atoms with van der Waals surface area (Å²) in [6.45, 7) is 9.46. The highest BCUT2D eigenvalue weighted by Crippen LogP contribution is 2.39. The molecule has 1 aromatic heterocycles. The Morgan fingerprint density at radius 2 is 1.95 bits per heavy atom. The lowest BCUT2D eigenvalue weighted by Gasteiger charge is -2.38. The van der Waals surface area contributed by atoms with Crippen LogP contribution in [0.1, 0.15) is 54.2 Å². The number of nitrogens with zero attached hydrogens (tertiary/aromatic N) is 3. The SMILES string of the molecule is CC(C)(C)c1ccc(N2Cc3cccc(NCc4ccc5ncccc5c4)c3C2=O)cc1N1CCOC(CC(N)=O)C1. The second kappa shape index (κ2) is 11.1. The average molecular weight is 564 g/mol. The van der Waals surface area contributed by atoms with Gasteiger partial charge in [0.25, 0.3) is 5.91 Å². The van der Waals surface area contributed by atoms with Crippen LogP contribution in [0.2, 0.25) is 0 Å². The monoisotopic (exact) mass is 563 g/mol. The minimum atomic E-state index is -0.367. The van der Waals surface area contributed by atoms with E-state index in [1.807, 2.05) is 41.3 Å². The number of amides is 2. The number of nitrogens with one attached hydrogen (secondary N) is 1. The van der Waals surface area contributed by atoms with Crippen LogP contribution < -0.4 is 20.9 Å². The molecule has 4 aromatic rings. The topological polar surface area (TPSA) is 101 Å². The molecule has 42 heavy (non-hydrogen) atoms. The number of hydrogen-bond acceptors (Lipinski definition) is 6. The predicted molar refractivity (Wildman–Crippen MR) is 167 cm³/mol. The smallest absolute Gasteiger partial charge is 0.261 e. The van der Waals surface area contributed by atoms with Crippen LogP contribution in [0, 0.1) is 0 Å². The van der Waals surface area contributed by atoms with Gasteiger partial charge < -0.3 is 25.6 Å². The summed E-state index contributed by atoms with van der Waals surface area (Å²) in [5, 5.41) is 4.60. The van der Waals surface area contributed by atoms with E-state index in [1.54, 1.807) is 6.20 Å². The van der Waals surface area contributed by atoms with Crippen molar-refractivity contribution in [1.82, 2.24) is 4.98 Å². The Labute approximate surface area is 246 Å². The number of pyridine rings is 1. The molecule has 0 spiro atoms. The predicted octanol–water partition coefficient (Wildman–Crippen LogP) is 5.39. The van der Waals surface area contributed by atoms with E-state index in [2.05, 4.69) is 66.3 Å². The number of carbonyl (C=O) groups is 2. The molecule has 0 bridgehead atoms. The van der Waals surface area contributed by atoms with Gasteiger partial charge in [-0.3, -0.25) is 14.6 Å². The first-order chi connectivity index (χ1) is 20.2. The van der Waals surface area contributed by atoms with Crippen molar-refractivity contribution < 1.29 is 14.3 Å². The Hall–Kier alpha value is -4.43. The van der Waals surface area contributed by atoms with Gasteiger partial charge in [0.05, 0.1) is 36.8 Å². The van der Waals surface area contributed by atoms with Gasteiger partial charge in [-0.25, -0.2) is 0 Å². The zero-order valence-electron chi connectivity index (χ0n) is 24.4. The van der Waals surface area contributed by atoms with Crippen molar-refractivity contribution >= 4 is 39.8 Å². The molecule has 8 heteroatoms. The molecule has 3 N–H and O–H groups in total. The quantitative estimate of drug-likeness (QED) is 0.313. The molecule has 1 fully saturated rings. The number of rotatable bonds is 7. The molecular formula is C34H37N5O3.